The fraction of sp³-hybridized carbons (Fsp3) is 0.833. The maximum atomic E-state index is 12.1. The highest BCUT2D eigenvalue weighted by Crippen LogP contribution is 2.39. The highest BCUT2D eigenvalue weighted by atomic mass is 16.4. The van der Waals surface area contributed by atoms with Gasteiger partial charge in [0.15, 0.2) is 0 Å². The van der Waals surface area contributed by atoms with Gasteiger partial charge in [0.05, 0.1) is 5.41 Å². The number of carboxylic acid groups (broad SMARTS) is 1. The highest BCUT2D eigenvalue weighted by molar-refractivity contribution is 5.82. The molecule has 0 radical (unpaired) electrons. The normalized spacial score (nSPS) is 31.5. The average Bonchev–Trinajstić information content (AvgIpc) is 3.00. The summed E-state index contributed by atoms with van der Waals surface area (Å²) >= 11 is 0. The first kappa shape index (κ1) is 11.4. The first-order chi connectivity index (χ1) is 7.44. The molecule has 2 aliphatic rings. The number of carbonyl (C=O) groups is 2. The summed E-state index contributed by atoms with van der Waals surface area (Å²) in [4.78, 5) is 24.9. The van der Waals surface area contributed by atoms with Crippen molar-refractivity contribution in [3.05, 3.63) is 0 Å². The summed E-state index contributed by atoms with van der Waals surface area (Å²) in [5.41, 5.74) is -0.737. The maximum Gasteiger partial charge on any atom is 0.311 e. The molecule has 0 aromatic heterocycles. The van der Waals surface area contributed by atoms with Crippen LogP contribution in [0.4, 0.5) is 0 Å². The van der Waals surface area contributed by atoms with Crippen molar-refractivity contribution in [3.8, 4) is 0 Å². The molecule has 0 aromatic rings. The topological polar surface area (TPSA) is 57.6 Å². The van der Waals surface area contributed by atoms with E-state index in [4.69, 9.17) is 5.11 Å². The van der Waals surface area contributed by atoms with Gasteiger partial charge in [0, 0.05) is 19.0 Å². The zero-order valence-electron chi connectivity index (χ0n) is 9.90. The number of amides is 1. The van der Waals surface area contributed by atoms with Crippen molar-refractivity contribution in [1.82, 2.24) is 4.90 Å². The Morgan fingerprint density at radius 1 is 1.44 bits per heavy atom. The number of hydrogen-bond acceptors (Lipinski definition) is 2. The summed E-state index contributed by atoms with van der Waals surface area (Å²) in [7, 11) is 0. The second kappa shape index (κ2) is 3.75. The zero-order valence-corrected chi connectivity index (χ0v) is 9.90. The van der Waals surface area contributed by atoms with E-state index in [9.17, 15) is 9.59 Å². The first-order valence-corrected chi connectivity index (χ1v) is 5.96. The van der Waals surface area contributed by atoms with E-state index < -0.39 is 11.4 Å². The molecule has 1 N–H and O–H groups in total. The molecular weight excluding hydrogens is 206 g/mol. The summed E-state index contributed by atoms with van der Waals surface area (Å²) in [6.45, 7) is 4.66. The standard InChI is InChI=1S/C12H19NO3/c1-8(9-3-4-9)10(14)13-6-5-12(2,7-13)11(15)16/h8-9H,3-7H2,1-2H3,(H,15,16). The lowest BCUT2D eigenvalue weighted by molar-refractivity contribution is -0.147. The van der Waals surface area contributed by atoms with Crippen LogP contribution in [0.2, 0.25) is 0 Å². The van der Waals surface area contributed by atoms with Crippen molar-refractivity contribution in [2.45, 2.75) is 33.1 Å². The van der Waals surface area contributed by atoms with Crippen molar-refractivity contribution in [3.63, 3.8) is 0 Å². The van der Waals surface area contributed by atoms with Crippen molar-refractivity contribution in [1.29, 1.82) is 0 Å². The molecule has 2 fully saturated rings. The monoisotopic (exact) mass is 225 g/mol. The zero-order chi connectivity index (χ0) is 11.9. The van der Waals surface area contributed by atoms with Gasteiger partial charge in [-0.15, -0.1) is 0 Å². The number of likely N-dealkylation sites (tertiary alicyclic amines) is 1. The van der Waals surface area contributed by atoms with Crippen molar-refractivity contribution in [2.24, 2.45) is 17.3 Å². The molecule has 2 atom stereocenters. The van der Waals surface area contributed by atoms with Gasteiger partial charge in [-0.05, 0) is 32.1 Å². The van der Waals surface area contributed by atoms with Gasteiger partial charge in [0.25, 0.3) is 0 Å². The lowest BCUT2D eigenvalue weighted by Gasteiger charge is -2.23. The van der Waals surface area contributed by atoms with Crippen molar-refractivity contribution >= 4 is 11.9 Å². The van der Waals surface area contributed by atoms with E-state index in [2.05, 4.69) is 0 Å². The molecule has 2 unspecified atom stereocenters. The Morgan fingerprint density at radius 2 is 2.06 bits per heavy atom. The molecule has 4 heteroatoms. The predicted octanol–water partition coefficient (Wildman–Crippen LogP) is 1.36. The molecule has 16 heavy (non-hydrogen) atoms. The molecule has 0 aromatic carbocycles. The van der Waals surface area contributed by atoms with E-state index in [1.54, 1.807) is 11.8 Å². The van der Waals surface area contributed by atoms with E-state index >= 15 is 0 Å². The van der Waals surface area contributed by atoms with Gasteiger partial charge in [-0.2, -0.15) is 0 Å². The predicted molar refractivity (Wildman–Crippen MR) is 58.8 cm³/mol. The number of nitrogens with zero attached hydrogens (tertiary/aromatic N) is 1. The van der Waals surface area contributed by atoms with Crippen LogP contribution in [0.25, 0.3) is 0 Å². The molecule has 2 rings (SSSR count). The van der Waals surface area contributed by atoms with Crippen LogP contribution in [0, 0.1) is 17.3 Å². The van der Waals surface area contributed by atoms with Crippen LogP contribution in [-0.2, 0) is 9.59 Å². The van der Waals surface area contributed by atoms with Crippen LogP contribution in [0.3, 0.4) is 0 Å². The van der Waals surface area contributed by atoms with E-state index in [-0.39, 0.29) is 11.8 Å². The van der Waals surface area contributed by atoms with Crippen LogP contribution in [-0.4, -0.2) is 35.0 Å². The smallest absolute Gasteiger partial charge is 0.311 e. The Kier molecular flexibility index (Phi) is 2.68. The fourth-order valence-corrected chi connectivity index (χ4v) is 2.41. The van der Waals surface area contributed by atoms with Crippen LogP contribution in [0.15, 0.2) is 0 Å². The molecule has 1 saturated carbocycles. The third-order valence-corrected chi connectivity index (χ3v) is 4.02. The number of aliphatic carboxylic acids is 1. The van der Waals surface area contributed by atoms with Gasteiger partial charge in [0.1, 0.15) is 0 Å². The number of carbonyl (C=O) groups excluding carboxylic acids is 1. The minimum absolute atomic E-state index is 0.0798. The lowest BCUT2D eigenvalue weighted by atomic mass is 9.90. The largest absolute Gasteiger partial charge is 0.481 e. The quantitative estimate of drug-likeness (QED) is 0.789. The Hall–Kier alpha value is -1.06. The third kappa shape index (κ3) is 1.93. The SMILES string of the molecule is CC(C(=O)N1CCC(C)(C(=O)O)C1)C1CC1. The van der Waals surface area contributed by atoms with Gasteiger partial charge in [0.2, 0.25) is 5.91 Å². The van der Waals surface area contributed by atoms with Gasteiger partial charge in [-0.1, -0.05) is 6.92 Å². The fourth-order valence-electron chi connectivity index (χ4n) is 2.41. The molecule has 4 nitrogen and oxygen atoms in total. The van der Waals surface area contributed by atoms with Crippen LogP contribution in [0.5, 0.6) is 0 Å². The first-order valence-electron chi connectivity index (χ1n) is 5.96. The van der Waals surface area contributed by atoms with E-state index in [1.165, 1.54) is 0 Å². The minimum atomic E-state index is -0.790. The van der Waals surface area contributed by atoms with E-state index in [1.807, 2.05) is 6.92 Å². The molecule has 1 heterocycles. The maximum absolute atomic E-state index is 12.1. The highest BCUT2D eigenvalue weighted by Gasteiger charge is 2.44. The Labute approximate surface area is 95.6 Å². The van der Waals surface area contributed by atoms with Gasteiger partial charge in [-0.25, -0.2) is 0 Å². The molecule has 0 bridgehead atoms. The van der Waals surface area contributed by atoms with Gasteiger partial charge >= 0.3 is 5.97 Å². The second-order valence-corrected chi connectivity index (χ2v) is 5.50. The third-order valence-electron chi connectivity index (χ3n) is 4.02. The van der Waals surface area contributed by atoms with E-state index in [0.717, 1.165) is 12.8 Å². The summed E-state index contributed by atoms with van der Waals surface area (Å²) in [5, 5.41) is 9.09. The summed E-state index contributed by atoms with van der Waals surface area (Å²) in [5.74, 6) is -0.0188. The summed E-state index contributed by atoms with van der Waals surface area (Å²) in [6, 6.07) is 0. The van der Waals surface area contributed by atoms with Gasteiger partial charge < -0.3 is 10.0 Å². The van der Waals surface area contributed by atoms with Crippen molar-refractivity contribution in [2.75, 3.05) is 13.1 Å². The molecule has 1 amide bonds. The van der Waals surface area contributed by atoms with Crippen LogP contribution in [0.1, 0.15) is 33.1 Å². The number of hydrogen-bond donors (Lipinski definition) is 1. The Bertz CT molecular complexity index is 324. The Balaban J connectivity index is 1.97. The van der Waals surface area contributed by atoms with Gasteiger partial charge in [-0.3, -0.25) is 9.59 Å². The van der Waals surface area contributed by atoms with E-state index in [0.29, 0.717) is 25.4 Å². The molecular formula is C12H19NO3. The van der Waals surface area contributed by atoms with Crippen LogP contribution >= 0.6 is 0 Å². The molecule has 90 valence electrons. The molecule has 1 aliphatic carbocycles. The number of rotatable bonds is 3. The second-order valence-electron chi connectivity index (χ2n) is 5.50. The Morgan fingerprint density at radius 3 is 2.50 bits per heavy atom. The average molecular weight is 225 g/mol. The minimum Gasteiger partial charge on any atom is -0.481 e. The molecule has 1 aliphatic heterocycles. The summed E-state index contributed by atoms with van der Waals surface area (Å²) in [6.07, 6.45) is 2.87. The lowest BCUT2D eigenvalue weighted by Crippen LogP contribution is -2.37. The summed E-state index contributed by atoms with van der Waals surface area (Å²) < 4.78 is 0. The van der Waals surface area contributed by atoms with Crippen LogP contribution < -0.4 is 0 Å². The van der Waals surface area contributed by atoms with Crippen molar-refractivity contribution < 1.29 is 14.7 Å². The number of carboxylic acids is 1. The molecule has 0 spiro atoms. The molecule has 1 saturated heterocycles.